The van der Waals surface area contributed by atoms with Crippen LogP contribution in [-0.4, -0.2) is 35.2 Å². The van der Waals surface area contributed by atoms with Gasteiger partial charge >= 0.3 is 5.97 Å². The summed E-state index contributed by atoms with van der Waals surface area (Å²) in [5, 5.41) is 9.20. The Morgan fingerprint density at radius 1 is 1.32 bits per heavy atom. The number of nitrogens with zero attached hydrogens (tertiary/aromatic N) is 1. The lowest BCUT2D eigenvalue weighted by Gasteiger charge is -2.36. The van der Waals surface area contributed by atoms with E-state index in [1.807, 2.05) is 12.1 Å². The predicted molar refractivity (Wildman–Crippen MR) is 87.1 cm³/mol. The van der Waals surface area contributed by atoms with Crippen LogP contribution in [0.2, 0.25) is 0 Å². The molecule has 122 valence electrons. The molecule has 0 amide bonds. The number of benzene rings is 1. The molecule has 2 rings (SSSR count). The fraction of sp³-hybridized carbons (Fsp3) is 0.611. The molecule has 0 aromatic heterocycles. The maximum atomic E-state index is 11.2. The van der Waals surface area contributed by atoms with Crippen LogP contribution in [0, 0.1) is 5.92 Å². The van der Waals surface area contributed by atoms with Gasteiger partial charge < -0.3 is 9.84 Å². The Labute approximate surface area is 133 Å². The number of carboxylic acid groups (broad SMARTS) is 1. The van der Waals surface area contributed by atoms with E-state index < -0.39 is 5.97 Å². The van der Waals surface area contributed by atoms with Gasteiger partial charge in [-0.25, -0.2) is 0 Å². The fourth-order valence-electron chi connectivity index (χ4n) is 2.86. The predicted octanol–water partition coefficient (Wildman–Crippen LogP) is 3.55. The van der Waals surface area contributed by atoms with Crippen LogP contribution in [0.5, 0.6) is 5.75 Å². The van der Waals surface area contributed by atoms with E-state index in [1.165, 1.54) is 5.56 Å². The van der Waals surface area contributed by atoms with Gasteiger partial charge in [-0.15, -0.1) is 0 Å². The summed E-state index contributed by atoms with van der Waals surface area (Å²) in [5.74, 6) is 0.0109. The minimum atomic E-state index is -0.670. The molecule has 0 spiro atoms. The summed E-state index contributed by atoms with van der Waals surface area (Å²) >= 11 is 0. The molecule has 1 saturated heterocycles. The van der Waals surface area contributed by atoms with Crippen LogP contribution in [0.25, 0.3) is 0 Å². The molecule has 2 unspecified atom stereocenters. The number of likely N-dealkylation sites (tertiary alicyclic amines) is 1. The third-order valence-electron chi connectivity index (χ3n) is 4.44. The van der Waals surface area contributed by atoms with Crippen molar-refractivity contribution in [3.8, 4) is 5.75 Å². The van der Waals surface area contributed by atoms with Gasteiger partial charge in [-0.2, -0.15) is 0 Å². The number of hydrogen-bond acceptors (Lipinski definition) is 3. The number of unbranched alkanes of at least 4 members (excludes halogenated alkanes) is 1. The molecule has 22 heavy (non-hydrogen) atoms. The van der Waals surface area contributed by atoms with Crippen molar-refractivity contribution < 1.29 is 14.6 Å². The molecule has 1 N–H and O–H groups in total. The zero-order chi connectivity index (χ0) is 15.9. The van der Waals surface area contributed by atoms with Crippen LogP contribution in [0.15, 0.2) is 24.3 Å². The number of piperidine rings is 1. The molecule has 0 bridgehead atoms. The minimum absolute atomic E-state index is 0.229. The monoisotopic (exact) mass is 305 g/mol. The van der Waals surface area contributed by atoms with Crippen LogP contribution in [-0.2, 0) is 11.3 Å². The normalized spacial score (nSPS) is 22.5. The Morgan fingerprint density at radius 2 is 2.05 bits per heavy atom. The molecular weight excluding hydrogens is 278 g/mol. The molecule has 1 fully saturated rings. The molecule has 1 aliphatic heterocycles. The first-order valence-electron chi connectivity index (χ1n) is 8.28. The van der Waals surface area contributed by atoms with Gasteiger partial charge in [-0.05, 0) is 43.9 Å². The van der Waals surface area contributed by atoms with Gasteiger partial charge in [-0.1, -0.05) is 25.5 Å². The molecule has 0 radical (unpaired) electrons. The summed E-state index contributed by atoms with van der Waals surface area (Å²) in [5.41, 5.74) is 1.21. The molecular formula is C18H27NO3. The van der Waals surface area contributed by atoms with Crippen molar-refractivity contribution in [2.45, 2.75) is 52.1 Å². The average molecular weight is 305 g/mol. The highest BCUT2D eigenvalue weighted by Crippen LogP contribution is 2.24. The molecule has 1 heterocycles. The molecule has 1 aromatic carbocycles. The van der Waals surface area contributed by atoms with E-state index in [2.05, 4.69) is 30.9 Å². The highest BCUT2D eigenvalue weighted by Gasteiger charge is 2.29. The second kappa shape index (κ2) is 8.18. The van der Waals surface area contributed by atoms with Crippen molar-refractivity contribution in [3.63, 3.8) is 0 Å². The van der Waals surface area contributed by atoms with E-state index in [4.69, 9.17) is 4.74 Å². The van der Waals surface area contributed by atoms with Gasteiger partial charge in [0.15, 0.2) is 0 Å². The Morgan fingerprint density at radius 3 is 2.68 bits per heavy atom. The second-order valence-electron chi connectivity index (χ2n) is 6.24. The summed E-state index contributed by atoms with van der Waals surface area (Å²) in [4.78, 5) is 13.5. The van der Waals surface area contributed by atoms with Crippen molar-refractivity contribution in [2.24, 2.45) is 5.92 Å². The Bertz CT molecular complexity index is 472. The van der Waals surface area contributed by atoms with E-state index >= 15 is 0 Å². The standard InChI is InChI=1S/C18H27NO3/c1-3-4-11-22-17-9-6-15(7-10-17)12-19-13-16(18(20)21)8-5-14(19)2/h6-7,9-10,14,16H,3-5,8,11-13H2,1-2H3,(H,20,21). The summed E-state index contributed by atoms with van der Waals surface area (Å²) in [6, 6.07) is 8.62. The van der Waals surface area contributed by atoms with Crippen molar-refractivity contribution in [3.05, 3.63) is 29.8 Å². The molecule has 1 aromatic rings. The SMILES string of the molecule is CCCCOc1ccc(CN2CC(C(=O)O)CCC2C)cc1. The minimum Gasteiger partial charge on any atom is -0.494 e. The van der Waals surface area contributed by atoms with E-state index in [9.17, 15) is 9.90 Å². The first-order chi connectivity index (χ1) is 10.6. The lowest BCUT2D eigenvalue weighted by Crippen LogP contribution is -2.43. The zero-order valence-electron chi connectivity index (χ0n) is 13.6. The highest BCUT2D eigenvalue weighted by molar-refractivity contribution is 5.70. The third-order valence-corrected chi connectivity index (χ3v) is 4.44. The zero-order valence-corrected chi connectivity index (χ0v) is 13.6. The summed E-state index contributed by atoms with van der Waals surface area (Å²) in [6.07, 6.45) is 3.95. The molecule has 2 atom stereocenters. The van der Waals surface area contributed by atoms with Crippen molar-refractivity contribution >= 4 is 5.97 Å². The molecule has 4 heteroatoms. The van der Waals surface area contributed by atoms with Crippen LogP contribution in [0.3, 0.4) is 0 Å². The van der Waals surface area contributed by atoms with Gasteiger partial charge in [0.25, 0.3) is 0 Å². The Hall–Kier alpha value is -1.55. The topological polar surface area (TPSA) is 49.8 Å². The summed E-state index contributed by atoms with van der Waals surface area (Å²) in [7, 11) is 0. The second-order valence-corrected chi connectivity index (χ2v) is 6.24. The van der Waals surface area contributed by atoms with Crippen molar-refractivity contribution in [1.29, 1.82) is 0 Å². The van der Waals surface area contributed by atoms with Gasteiger partial charge in [0.2, 0.25) is 0 Å². The Kier molecular flexibility index (Phi) is 6.25. The van der Waals surface area contributed by atoms with Crippen LogP contribution >= 0.6 is 0 Å². The average Bonchev–Trinajstić information content (AvgIpc) is 2.51. The molecule has 4 nitrogen and oxygen atoms in total. The number of aliphatic carboxylic acids is 1. The van der Waals surface area contributed by atoms with Gasteiger partial charge in [0, 0.05) is 19.1 Å². The van der Waals surface area contributed by atoms with Gasteiger partial charge in [0.05, 0.1) is 12.5 Å². The maximum absolute atomic E-state index is 11.2. The van der Waals surface area contributed by atoms with Crippen LogP contribution in [0.4, 0.5) is 0 Å². The highest BCUT2D eigenvalue weighted by atomic mass is 16.5. The fourth-order valence-corrected chi connectivity index (χ4v) is 2.86. The largest absolute Gasteiger partial charge is 0.494 e. The first kappa shape index (κ1) is 16.8. The summed E-state index contributed by atoms with van der Waals surface area (Å²) in [6.45, 7) is 6.54. The Balaban J connectivity index is 1.90. The molecule has 0 aliphatic carbocycles. The van der Waals surface area contributed by atoms with E-state index in [1.54, 1.807) is 0 Å². The van der Waals surface area contributed by atoms with E-state index in [0.717, 1.165) is 44.6 Å². The molecule has 0 saturated carbocycles. The van der Waals surface area contributed by atoms with Crippen LogP contribution < -0.4 is 4.74 Å². The maximum Gasteiger partial charge on any atom is 0.307 e. The number of ether oxygens (including phenoxy) is 1. The smallest absolute Gasteiger partial charge is 0.307 e. The number of carbonyl (C=O) groups is 1. The third kappa shape index (κ3) is 4.73. The van der Waals surface area contributed by atoms with Crippen LogP contribution in [0.1, 0.15) is 45.1 Å². The lowest BCUT2D eigenvalue weighted by atomic mass is 9.93. The number of hydrogen-bond donors (Lipinski definition) is 1. The van der Waals surface area contributed by atoms with E-state index in [0.29, 0.717) is 12.6 Å². The quantitative estimate of drug-likeness (QED) is 0.783. The first-order valence-corrected chi connectivity index (χ1v) is 8.28. The van der Waals surface area contributed by atoms with Crippen molar-refractivity contribution in [1.82, 2.24) is 4.90 Å². The van der Waals surface area contributed by atoms with Gasteiger partial charge in [0.1, 0.15) is 5.75 Å². The number of carboxylic acids is 1. The van der Waals surface area contributed by atoms with E-state index in [-0.39, 0.29) is 5.92 Å². The van der Waals surface area contributed by atoms with Gasteiger partial charge in [-0.3, -0.25) is 9.69 Å². The van der Waals surface area contributed by atoms with Crippen molar-refractivity contribution in [2.75, 3.05) is 13.2 Å². The molecule has 1 aliphatic rings. The lowest BCUT2D eigenvalue weighted by molar-refractivity contribution is -0.144. The summed E-state index contributed by atoms with van der Waals surface area (Å²) < 4.78 is 5.67. The number of rotatable bonds is 7.